The molecule has 0 aliphatic heterocycles. The van der Waals surface area contributed by atoms with E-state index in [4.69, 9.17) is 11.6 Å². The smallest absolute Gasteiger partial charge is 0.242 e. The number of hydrogen-bond acceptors (Lipinski definition) is 4. The number of benzene rings is 1. The van der Waals surface area contributed by atoms with Crippen molar-refractivity contribution in [1.82, 2.24) is 14.5 Å². The molecule has 0 unspecified atom stereocenters. The molecular weight excluding hydrogens is 333 g/mol. The minimum Gasteiger partial charge on any atom is -0.391 e. The molecule has 9 heteroatoms. The Balaban J connectivity index is 1.84. The van der Waals surface area contributed by atoms with Crippen molar-refractivity contribution in [3.8, 4) is 0 Å². The molecule has 6 nitrogen and oxygen atoms in total. The van der Waals surface area contributed by atoms with Gasteiger partial charge in [-0.1, -0.05) is 11.6 Å². The Labute approximate surface area is 131 Å². The van der Waals surface area contributed by atoms with Gasteiger partial charge >= 0.3 is 0 Å². The van der Waals surface area contributed by atoms with Gasteiger partial charge in [-0.3, -0.25) is 4.68 Å². The lowest BCUT2D eigenvalue weighted by Crippen LogP contribution is -2.56. The fourth-order valence-electron chi connectivity index (χ4n) is 2.49. The van der Waals surface area contributed by atoms with Crippen LogP contribution in [0.5, 0.6) is 0 Å². The van der Waals surface area contributed by atoms with Gasteiger partial charge < -0.3 is 5.11 Å². The highest BCUT2D eigenvalue weighted by atomic mass is 35.5. The molecule has 22 heavy (non-hydrogen) atoms. The summed E-state index contributed by atoms with van der Waals surface area (Å²) in [5, 5.41) is 13.8. The number of rotatable bonds is 4. The lowest BCUT2D eigenvalue weighted by atomic mass is 9.84. The summed E-state index contributed by atoms with van der Waals surface area (Å²) < 4.78 is 41.9. The van der Waals surface area contributed by atoms with Gasteiger partial charge in [-0.15, -0.1) is 0 Å². The minimum absolute atomic E-state index is 0.0654. The predicted octanol–water partition coefficient (Wildman–Crippen LogP) is 1.33. The lowest BCUT2D eigenvalue weighted by molar-refractivity contribution is 0.000539. The van der Waals surface area contributed by atoms with E-state index < -0.39 is 34.0 Å². The highest BCUT2D eigenvalue weighted by Gasteiger charge is 2.44. The number of nitrogens with one attached hydrogen (secondary N) is 1. The number of hydrogen-bond donors (Lipinski definition) is 2. The molecule has 0 saturated heterocycles. The zero-order valence-electron chi connectivity index (χ0n) is 11.2. The van der Waals surface area contributed by atoms with Gasteiger partial charge in [-0.2, -0.15) is 5.10 Å². The molecule has 1 aromatic carbocycles. The topological polar surface area (TPSA) is 84.2 Å². The fourth-order valence-corrected chi connectivity index (χ4v) is 4.27. The van der Waals surface area contributed by atoms with Gasteiger partial charge in [0.1, 0.15) is 10.7 Å². The number of aliphatic hydroxyl groups excluding tert-OH is 1. The van der Waals surface area contributed by atoms with Crippen molar-refractivity contribution in [2.24, 2.45) is 0 Å². The molecule has 3 rings (SSSR count). The summed E-state index contributed by atoms with van der Waals surface area (Å²) in [7, 11) is -4.00. The zero-order valence-corrected chi connectivity index (χ0v) is 12.8. The highest BCUT2D eigenvalue weighted by molar-refractivity contribution is 7.89. The quantitative estimate of drug-likeness (QED) is 0.875. The first-order valence-electron chi connectivity index (χ1n) is 6.53. The van der Waals surface area contributed by atoms with Crippen molar-refractivity contribution < 1.29 is 17.9 Å². The van der Waals surface area contributed by atoms with Gasteiger partial charge in [0.05, 0.1) is 17.2 Å². The molecule has 0 bridgehead atoms. The van der Waals surface area contributed by atoms with Crippen molar-refractivity contribution in [3.05, 3.63) is 47.5 Å². The van der Waals surface area contributed by atoms with Gasteiger partial charge in [0.25, 0.3) is 0 Å². The lowest BCUT2D eigenvalue weighted by Gasteiger charge is -2.41. The Bertz CT molecular complexity index is 782. The second-order valence-electron chi connectivity index (χ2n) is 5.08. The Morgan fingerprint density at radius 3 is 2.86 bits per heavy atom. The Kier molecular flexibility index (Phi) is 3.94. The highest BCUT2D eigenvalue weighted by Crippen LogP contribution is 2.34. The number of nitrogens with zero attached hydrogens (tertiary/aromatic N) is 2. The first-order chi connectivity index (χ1) is 10.4. The van der Waals surface area contributed by atoms with Crippen molar-refractivity contribution in [3.63, 3.8) is 0 Å². The van der Waals surface area contributed by atoms with E-state index in [0.717, 1.165) is 12.1 Å². The zero-order chi connectivity index (χ0) is 15.9. The average molecular weight is 346 g/mol. The van der Waals surface area contributed by atoms with E-state index >= 15 is 0 Å². The van der Waals surface area contributed by atoms with Crippen LogP contribution in [0.15, 0.2) is 41.6 Å². The van der Waals surface area contributed by atoms with Crippen LogP contribution >= 0.6 is 11.6 Å². The largest absolute Gasteiger partial charge is 0.391 e. The summed E-state index contributed by atoms with van der Waals surface area (Å²) in [6.07, 6.45) is 2.73. The number of aromatic nitrogens is 2. The Morgan fingerprint density at radius 1 is 1.45 bits per heavy atom. The van der Waals surface area contributed by atoms with Crippen LogP contribution in [0.3, 0.4) is 0 Å². The minimum atomic E-state index is -4.00. The first-order valence-corrected chi connectivity index (χ1v) is 8.39. The van der Waals surface area contributed by atoms with Crippen LogP contribution in [-0.2, 0) is 10.0 Å². The fraction of sp³-hybridized carbons (Fsp3) is 0.308. The molecule has 118 valence electrons. The van der Waals surface area contributed by atoms with Gasteiger partial charge in [0.2, 0.25) is 10.0 Å². The van der Waals surface area contributed by atoms with E-state index in [1.807, 2.05) is 0 Å². The molecule has 0 radical (unpaired) electrons. The predicted molar refractivity (Wildman–Crippen MR) is 77.4 cm³/mol. The standard InChI is InChI=1S/C13H13ClFN3O3S/c14-9-3-2-8(15)6-12(9)22(20,21)17-10-7-11(19)13(10)18-5-1-4-16-18/h1-6,10-11,13,17,19H,7H2/t10-,11+,13+/m0/s1. The third kappa shape index (κ3) is 2.74. The van der Waals surface area contributed by atoms with E-state index in [0.29, 0.717) is 0 Å². The molecule has 2 aromatic rings. The van der Waals surface area contributed by atoms with Crippen LogP contribution in [0, 0.1) is 5.82 Å². The molecule has 0 spiro atoms. The Morgan fingerprint density at radius 2 is 2.23 bits per heavy atom. The molecule has 1 aromatic heterocycles. The van der Waals surface area contributed by atoms with Crippen LogP contribution in [0.4, 0.5) is 4.39 Å². The number of sulfonamides is 1. The number of aliphatic hydroxyl groups is 1. The van der Waals surface area contributed by atoms with Gasteiger partial charge in [0.15, 0.2) is 0 Å². The van der Waals surface area contributed by atoms with E-state index in [-0.39, 0.29) is 16.3 Å². The Hall–Kier alpha value is -1.48. The molecule has 2 N–H and O–H groups in total. The molecule has 1 aliphatic rings. The number of halogens is 2. The monoisotopic (exact) mass is 345 g/mol. The maximum absolute atomic E-state index is 13.3. The maximum atomic E-state index is 13.3. The average Bonchev–Trinajstić information content (AvgIpc) is 2.93. The van der Waals surface area contributed by atoms with Gasteiger partial charge in [-0.05, 0) is 30.7 Å². The van der Waals surface area contributed by atoms with Crippen LogP contribution in [0.2, 0.25) is 5.02 Å². The van der Waals surface area contributed by atoms with Crippen LogP contribution < -0.4 is 4.72 Å². The normalized spacial score (nSPS) is 25.0. The molecule has 1 fully saturated rings. The summed E-state index contributed by atoms with van der Waals surface area (Å²) in [5.41, 5.74) is 0. The molecular formula is C13H13ClFN3O3S. The summed E-state index contributed by atoms with van der Waals surface area (Å²) in [5.74, 6) is -0.693. The van der Waals surface area contributed by atoms with Gasteiger partial charge in [-0.25, -0.2) is 17.5 Å². The van der Waals surface area contributed by atoms with E-state index in [9.17, 15) is 17.9 Å². The second-order valence-corrected chi connectivity index (χ2v) is 7.17. The van der Waals surface area contributed by atoms with Crippen molar-refractivity contribution in [2.45, 2.75) is 29.5 Å². The molecule has 1 heterocycles. The van der Waals surface area contributed by atoms with Crippen LogP contribution in [0.25, 0.3) is 0 Å². The van der Waals surface area contributed by atoms with E-state index in [1.54, 1.807) is 18.5 Å². The van der Waals surface area contributed by atoms with Crippen LogP contribution in [-0.4, -0.2) is 35.5 Å². The van der Waals surface area contributed by atoms with Gasteiger partial charge in [0, 0.05) is 18.4 Å². The summed E-state index contributed by atoms with van der Waals surface area (Å²) in [6.45, 7) is 0. The molecule has 1 aliphatic carbocycles. The van der Waals surface area contributed by atoms with Crippen molar-refractivity contribution >= 4 is 21.6 Å². The van der Waals surface area contributed by atoms with Crippen molar-refractivity contribution in [2.75, 3.05) is 0 Å². The SMILES string of the molecule is O=S(=O)(N[C@H]1C[C@@H](O)[C@@H]1n1cccn1)c1cc(F)ccc1Cl. The molecule has 0 amide bonds. The summed E-state index contributed by atoms with van der Waals surface area (Å²) in [4.78, 5) is -0.324. The third-order valence-corrected chi connectivity index (χ3v) is 5.59. The molecule has 1 saturated carbocycles. The van der Waals surface area contributed by atoms with Crippen LogP contribution in [0.1, 0.15) is 12.5 Å². The third-order valence-electron chi connectivity index (χ3n) is 3.62. The summed E-state index contributed by atoms with van der Waals surface area (Å²) in [6, 6.07) is 3.77. The first kappa shape index (κ1) is 15.4. The summed E-state index contributed by atoms with van der Waals surface area (Å²) >= 11 is 5.84. The molecule has 3 atom stereocenters. The van der Waals surface area contributed by atoms with E-state index in [2.05, 4.69) is 9.82 Å². The maximum Gasteiger partial charge on any atom is 0.242 e. The van der Waals surface area contributed by atoms with Crippen molar-refractivity contribution in [1.29, 1.82) is 0 Å². The second kappa shape index (κ2) is 5.62. The van der Waals surface area contributed by atoms with E-state index in [1.165, 1.54) is 10.7 Å².